The van der Waals surface area contributed by atoms with Crippen LogP contribution in [0.15, 0.2) is 0 Å². The van der Waals surface area contributed by atoms with Gasteiger partial charge in [-0.15, -0.1) is 10.2 Å². The lowest BCUT2D eigenvalue weighted by atomic mass is 10.3. The van der Waals surface area contributed by atoms with E-state index in [0.717, 1.165) is 6.42 Å². The first-order valence-electron chi connectivity index (χ1n) is 4.41. The molecule has 1 aromatic heterocycles. The molecule has 0 aliphatic carbocycles. The SMILES string of the molecule is CC(N)CCS(=O)Cc1nnn(C)n1. The molecule has 0 amide bonds. The summed E-state index contributed by atoms with van der Waals surface area (Å²) in [7, 11) is 0.745. The summed E-state index contributed by atoms with van der Waals surface area (Å²) < 4.78 is 11.5. The molecule has 0 bridgehead atoms. The molecule has 0 saturated carbocycles. The van der Waals surface area contributed by atoms with Crippen LogP contribution in [0.5, 0.6) is 0 Å². The molecule has 0 aromatic carbocycles. The minimum Gasteiger partial charge on any atom is -0.328 e. The normalized spacial score (nSPS) is 15.4. The van der Waals surface area contributed by atoms with Gasteiger partial charge in [-0.2, -0.15) is 4.80 Å². The van der Waals surface area contributed by atoms with E-state index >= 15 is 0 Å². The molecule has 1 rings (SSSR count). The second-order valence-corrected chi connectivity index (χ2v) is 4.83. The lowest BCUT2D eigenvalue weighted by molar-refractivity contribution is 0.628. The summed E-state index contributed by atoms with van der Waals surface area (Å²) in [5.74, 6) is 1.48. The molecular weight excluding hydrogens is 202 g/mol. The molecule has 0 aliphatic rings. The zero-order valence-electron chi connectivity index (χ0n) is 8.38. The Bertz CT molecular complexity index is 311. The van der Waals surface area contributed by atoms with Gasteiger partial charge in [-0.05, 0) is 18.6 Å². The summed E-state index contributed by atoms with van der Waals surface area (Å²) in [4.78, 5) is 1.36. The lowest BCUT2D eigenvalue weighted by Crippen LogP contribution is -2.18. The van der Waals surface area contributed by atoms with Gasteiger partial charge in [0, 0.05) is 22.6 Å². The zero-order valence-corrected chi connectivity index (χ0v) is 9.20. The first-order chi connectivity index (χ1) is 6.58. The Morgan fingerprint density at radius 2 is 2.36 bits per heavy atom. The number of tetrazole rings is 1. The molecule has 2 atom stereocenters. The minimum atomic E-state index is -0.937. The number of rotatable bonds is 5. The minimum absolute atomic E-state index is 0.0915. The van der Waals surface area contributed by atoms with Crippen LogP contribution in [0.4, 0.5) is 0 Å². The maximum Gasteiger partial charge on any atom is 0.187 e. The highest BCUT2D eigenvalue weighted by Crippen LogP contribution is 1.97. The van der Waals surface area contributed by atoms with E-state index in [1.54, 1.807) is 7.05 Å². The van der Waals surface area contributed by atoms with Crippen LogP contribution in [0, 0.1) is 0 Å². The molecule has 0 radical (unpaired) electrons. The number of hydrogen-bond acceptors (Lipinski definition) is 5. The molecule has 7 heteroatoms. The number of nitrogens with two attached hydrogens (primary N) is 1. The van der Waals surface area contributed by atoms with Crippen molar-refractivity contribution in [2.75, 3.05) is 5.75 Å². The summed E-state index contributed by atoms with van der Waals surface area (Å²) in [6.45, 7) is 1.90. The zero-order chi connectivity index (χ0) is 10.6. The Balaban J connectivity index is 2.34. The van der Waals surface area contributed by atoms with E-state index in [9.17, 15) is 4.21 Å². The third-order valence-electron chi connectivity index (χ3n) is 1.64. The molecule has 0 fully saturated rings. The Hall–Kier alpha value is -0.820. The summed E-state index contributed by atoms with van der Waals surface area (Å²) >= 11 is 0. The van der Waals surface area contributed by atoms with Crippen molar-refractivity contribution < 1.29 is 4.21 Å². The number of aromatic nitrogens is 4. The average molecular weight is 217 g/mol. The average Bonchev–Trinajstić information content (AvgIpc) is 2.48. The van der Waals surface area contributed by atoms with Crippen LogP contribution in [-0.4, -0.2) is 36.2 Å². The smallest absolute Gasteiger partial charge is 0.187 e. The Morgan fingerprint density at radius 1 is 1.64 bits per heavy atom. The van der Waals surface area contributed by atoms with E-state index in [-0.39, 0.29) is 6.04 Å². The van der Waals surface area contributed by atoms with Gasteiger partial charge in [0.2, 0.25) is 0 Å². The quantitative estimate of drug-likeness (QED) is 0.697. The molecule has 1 aromatic rings. The van der Waals surface area contributed by atoms with Gasteiger partial charge in [0.15, 0.2) is 5.82 Å². The largest absolute Gasteiger partial charge is 0.328 e. The maximum atomic E-state index is 11.5. The number of nitrogens with zero attached hydrogens (tertiary/aromatic N) is 4. The first kappa shape index (κ1) is 11.3. The monoisotopic (exact) mass is 217 g/mol. The van der Waals surface area contributed by atoms with Crippen LogP contribution < -0.4 is 5.73 Å². The van der Waals surface area contributed by atoms with Gasteiger partial charge in [-0.25, -0.2) is 0 Å². The Labute approximate surface area is 85.3 Å². The van der Waals surface area contributed by atoms with Crippen LogP contribution in [0.1, 0.15) is 19.2 Å². The molecule has 0 spiro atoms. The van der Waals surface area contributed by atoms with E-state index in [1.165, 1.54) is 4.80 Å². The van der Waals surface area contributed by atoms with Crippen LogP contribution >= 0.6 is 0 Å². The molecular formula is C7H15N5OS. The van der Waals surface area contributed by atoms with Crippen LogP contribution in [-0.2, 0) is 23.6 Å². The van der Waals surface area contributed by atoms with Crippen molar-refractivity contribution in [2.45, 2.75) is 25.1 Å². The Morgan fingerprint density at radius 3 is 2.86 bits per heavy atom. The predicted octanol–water partition coefficient (Wildman–Crippen LogP) is -0.804. The third-order valence-corrected chi connectivity index (χ3v) is 2.91. The topological polar surface area (TPSA) is 86.7 Å². The van der Waals surface area contributed by atoms with Crippen molar-refractivity contribution in [1.82, 2.24) is 20.2 Å². The second-order valence-electron chi connectivity index (χ2n) is 3.25. The van der Waals surface area contributed by atoms with Gasteiger partial charge in [0.1, 0.15) is 0 Å². The van der Waals surface area contributed by atoms with E-state index < -0.39 is 10.8 Å². The van der Waals surface area contributed by atoms with Gasteiger partial charge in [-0.3, -0.25) is 4.21 Å². The van der Waals surface area contributed by atoms with Crippen molar-refractivity contribution in [3.8, 4) is 0 Å². The fourth-order valence-corrected chi connectivity index (χ4v) is 2.10. The summed E-state index contributed by atoms with van der Waals surface area (Å²) in [5, 5.41) is 11.4. The van der Waals surface area contributed by atoms with Crippen molar-refractivity contribution in [1.29, 1.82) is 0 Å². The van der Waals surface area contributed by atoms with E-state index in [1.807, 2.05) is 6.92 Å². The van der Waals surface area contributed by atoms with E-state index in [0.29, 0.717) is 17.3 Å². The lowest BCUT2D eigenvalue weighted by Gasteiger charge is -2.02. The molecule has 0 aliphatic heterocycles. The maximum absolute atomic E-state index is 11.5. The summed E-state index contributed by atoms with van der Waals surface area (Å²) in [6, 6.07) is 0.0915. The van der Waals surface area contributed by atoms with Crippen LogP contribution in [0.2, 0.25) is 0 Å². The highest BCUT2D eigenvalue weighted by molar-refractivity contribution is 7.84. The highest BCUT2D eigenvalue weighted by Gasteiger charge is 2.07. The molecule has 14 heavy (non-hydrogen) atoms. The van der Waals surface area contributed by atoms with Gasteiger partial charge < -0.3 is 5.73 Å². The van der Waals surface area contributed by atoms with Crippen molar-refractivity contribution in [3.05, 3.63) is 5.82 Å². The van der Waals surface area contributed by atoms with Crippen LogP contribution in [0.3, 0.4) is 0 Å². The van der Waals surface area contributed by atoms with E-state index in [2.05, 4.69) is 15.4 Å². The first-order valence-corrected chi connectivity index (χ1v) is 5.90. The van der Waals surface area contributed by atoms with Gasteiger partial charge in [0.25, 0.3) is 0 Å². The molecule has 2 unspecified atom stereocenters. The fourth-order valence-electron chi connectivity index (χ4n) is 0.915. The predicted molar refractivity (Wildman–Crippen MR) is 53.8 cm³/mol. The third kappa shape index (κ3) is 3.93. The number of aryl methyl sites for hydroxylation is 1. The Kier molecular flexibility index (Phi) is 4.15. The van der Waals surface area contributed by atoms with Crippen molar-refractivity contribution >= 4 is 10.8 Å². The fraction of sp³-hybridized carbons (Fsp3) is 0.857. The van der Waals surface area contributed by atoms with Gasteiger partial charge >= 0.3 is 0 Å². The molecule has 2 N–H and O–H groups in total. The summed E-state index contributed by atoms with van der Waals surface area (Å²) in [6.07, 6.45) is 0.757. The molecule has 6 nitrogen and oxygen atoms in total. The number of hydrogen-bond donors (Lipinski definition) is 1. The highest BCUT2D eigenvalue weighted by atomic mass is 32.2. The molecule has 0 saturated heterocycles. The second kappa shape index (κ2) is 5.16. The van der Waals surface area contributed by atoms with Crippen LogP contribution in [0.25, 0.3) is 0 Å². The standard InChI is InChI=1S/C7H15N5OS/c1-6(8)3-4-14(13)5-7-9-11-12(2)10-7/h6H,3-5,8H2,1-2H3. The van der Waals surface area contributed by atoms with Gasteiger partial charge in [0.05, 0.1) is 12.8 Å². The van der Waals surface area contributed by atoms with Crippen molar-refractivity contribution in [3.63, 3.8) is 0 Å². The molecule has 80 valence electrons. The van der Waals surface area contributed by atoms with Crippen molar-refractivity contribution in [2.24, 2.45) is 12.8 Å². The molecule has 1 heterocycles. The summed E-state index contributed by atoms with van der Waals surface area (Å²) in [5.41, 5.74) is 5.56. The van der Waals surface area contributed by atoms with E-state index in [4.69, 9.17) is 5.73 Å². The van der Waals surface area contributed by atoms with Gasteiger partial charge in [-0.1, -0.05) is 0 Å².